The fourth-order valence-electron chi connectivity index (χ4n) is 1.59. The van der Waals surface area contributed by atoms with Crippen LogP contribution in [0.5, 0.6) is 0 Å². The smallest absolute Gasteiger partial charge is 0.325 e. The first-order valence-corrected chi connectivity index (χ1v) is 6.62. The minimum Gasteiger partial charge on any atom is -0.460 e. The third-order valence-electron chi connectivity index (χ3n) is 2.62. The first kappa shape index (κ1) is 15.0. The maximum atomic E-state index is 11.8. The molecule has 0 spiro atoms. The summed E-state index contributed by atoms with van der Waals surface area (Å²) < 4.78 is 5.05. The number of halogens is 1. The van der Waals surface area contributed by atoms with Crippen LogP contribution in [0.2, 0.25) is 5.15 Å². The number of hydrogen-bond acceptors (Lipinski definition) is 4. The van der Waals surface area contributed by atoms with Crippen molar-refractivity contribution in [3.8, 4) is 0 Å². The molecule has 0 aliphatic heterocycles. The number of aromatic nitrogens is 1. The van der Waals surface area contributed by atoms with Gasteiger partial charge in [0.15, 0.2) is 0 Å². The minimum atomic E-state index is -0.507. The Morgan fingerprint density at radius 2 is 1.95 bits per heavy atom. The van der Waals surface area contributed by atoms with Gasteiger partial charge in [-0.05, 0) is 17.7 Å². The topological polar surface area (TPSA) is 68.3 Å². The number of carbonyl (C=O) groups excluding carboxylic acids is 2. The summed E-state index contributed by atoms with van der Waals surface area (Å²) in [5.74, 6) is -0.914. The molecule has 0 saturated heterocycles. The van der Waals surface area contributed by atoms with E-state index in [-0.39, 0.29) is 18.3 Å². The Balaban J connectivity index is 1.77. The molecule has 0 fully saturated rings. The van der Waals surface area contributed by atoms with Crippen LogP contribution in [0.15, 0.2) is 48.7 Å². The Kier molecular flexibility index (Phi) is 5.29. The molecule has 108 valence electrons. The van der Waals surface area contributed by atoms with Crippen LogP contribution in [0.1, 0.15) is 15.9 Å². The van der Waals surface area contributed by atoms with Crippen molar-refractivity contribution in [1.29, 1.82) is 0 Å². The minimum absolute atomic E-state index is 0.177. The molecule has 5 nitrogen and oxygen atoms in total. The molecule has 0 aliphatic carbocycles. The molecule has 0 bridgehead atoms. The largest absolute Gasteiger partial charge is 0.460 e. The first-order chi connectivity index (χ1) is 10.1. The maximum absolute atomic E-state index is 11.8. The van der Waals surface area contributed by atoms with Crippen molar-refractivity contribution in [3.05, 3.63) is 64.9 Å². The van der Waals surface area contributed by atoms with Gasteiger partial charge in [-0.25, -0.2) is 4.98 Å². The third kappa shape index (κ3) is 4.89. The van der Waals surface area contributed by atoms with Gasteiger partial charge < -0.3 is 10.1 Å². The second-order valence-electron chi connectivity index (χ2n) is 4.20. The van der Waals surface area contributed by atoms with Crippen molar-refractivity contribution >= 4 is 23.5 Å². The van der Waals surface area contributed by atoms with Gasteiger partial charge in [-0.1, -0.05) is 41.9 Å². The van der Waals surface area contributed by atoms with Gasteiger partial charge in [-0.2, -0.15) is 0 Å². The standard InChI is InChI=1S/C15H13ClN2O3/c16-13-8-12(6-7-17-13)15(20)18-9-14(19)21-10-11-4-2-1-3-5-11/h1-8H,9-10H2,(H,18,20). The number of pyridine rings is 1. The van der Waals surface area contributed by atoms with E-state index in [4.69, 9.17) is 16.3 Å². The number of esters is 1. The highest BCUT2D eigenvalue weighted by atomic mass is 35.5. The van der Waals surface area contributed by atoms with Crippen LogP contribution >= 0.6 is 11.6 Å². The molecule has 21 heavy (non-hydrogen) atoms. The number of amides is 1. The zero-order valence-corrected chi connectivity index (χ0v) is 11.8. The second-order valence-corrected chi connectivity index (χ2v) is 4.58. The van der Waals surface area contributed by atoms with Crippen LogP contribution < -0.4 is 5.32 Å². The van der Waals surface area contributed by atoms with E-state index in [0.29, 0.717) is 5.56 Å². The van der Waals surface area contributed by atoms with Gasteiger partial charge in [0.2, 0.25) is 0 Å². The van der Waals surface area contributed by atoms with E-state index in [0.717, 1.165) is 5.56 Å². The zero-order valence-electron chi connectivity index (χ0n) is 11.1. The molecular weight excluding hydrogens is 292 g/mol. The van der Waals surface area contributed by atoms with Gasteiger partial charge >= 0.3 is 5.97 Å². The van der Waals surface area contributed by atoms with E-state index in [9.17, 15) is 9.59 Å². The molecule has 6 heteroatoms. The van der Waals surface area contributed by atoms with Crippen molar-refractivity contribution in [2.45, 2.75) is 6.61 Å². The van der Waals surface area contributed by atoms with Crippen molar-refractivity contribution in [1.82, 2.24) is 10.3 Å². The third-order valence-corrected chi connectivity index (χ3v) is 2.83. The molecule has 2 aromatic rings. The van der Waals surface area contributed by atoms with Crippen molar-refractivity contribution in [2.24, 2.45) is 0 Å². The molecule has 0 unspecified atom stereocenters. The molecule has 0 atom stereocenters. The van der Waals surface area contributed by atoms with E-state index >= 15 is 0 Å². The van der Waals surface area contributed by atoms with Gasteiger partial charge in [-0.15, -0.1) is 0 Å². The molecule has 0 aliphatic rings. The van der Waals surface area contributed by atoms with E-state index in [1.807, 2.05) is 30.3 Å². The van der Waals surface area contributed by atoms with Crippen LogP contribution in [-0.4, -0.2) is 23.4 Å². The van der Waals surface area contributed by atoms with Crippen molar-refractivity contribution in [2.75, 3.05) is 6.54 Å². The number of carbonyl (C=O) groups is 2. The van der Waals surface area contributed by atoms with Crippen LogP contribution in [0.3, 0.4) is 0 Å². The Labute approximate surface area is 126 Å². The summed E-state index contributed by atoms with van der Waals surface area (Å²) in [5.41, 5.74) is 1.23. The van der Waals surface area contributed by atoms with Crippen LogP contribution in [0, 0.1) is 0 Å². The average Bonchev–Trinajstić information content (AvgIpc) is 2.51. The molecular formula is C15H13ClN2O3. The SMILES string of the molecule is O=C(CNC(=O)c1ccnc(Cl)c1)OCc1ccccc1. The summed E-state index contributed by atoms with van der Waals surface area (Å²) >= 11 is 5.69. The van der Waals surface area contributed by atoms with Gasteiger partial charge in [0.05, 0.1) is 0 Å². The fourth-order valence-corrected chi connectivity index (χ4v) is 1.76. The first-order valence-electron chi connectivity index (χ1n) is 6.24. The molecule has 1 N–H and O–H groups in total. The zero-order chi connectivity index (χ0) is 15.1. The van der Waals surface area contributed by atoms with E-state index in [1.54, 1.807) is 0 Å². The average molecular weight is 305 g/mol. The quantitative estimate of drug-likeness (QED) is 0.679. The van der Waals surface area contributed by atoms with Crippen molar-refractivity contribution in [3.63, 3.8) is 0 Å². The summed E-state index contributed by atoms with van der Waals surface area (Å²) in [5, 5.41) is 2.68. The maximum Gasteiger partial charge on any atom is 0.325 e. The van der Waals surface area contributed by atoms with E-state index in [1.165, 1.54) is 18.3 Å². The number of rotatable bonds is 5. The molecule has 0 radical (unpaired) electrons. The summed E-state index contributed by atoms with van der Waals surface area (Å²) in [6, 6.07) is 12.2. The lowest BCUT2D eigenvalue weighted by atomic mass is 10.2. The van der Waals surface area contributed by atoms with Gasteiger partial charge in [-0.3, -0.25) is 9.59 Å². The molecule has 0 saturated carbocycles. The van der Waals surface area contributed by atoms with Gasteiger partial charge in [0.25, 0.3) is 5.91 Å². The van der Waals surface area contributed by atoms with Crippen LogP contribution in [0.25, 0.3) is 0 Å². The Morgan fingerprint density at radius 3 is 2.67 bits per heavy atom. The predicted molar refractivity (Wildman–Crippen MR) is 77.8 cm³/mol. The molecule has 1 aromatic carbocycles. The predicted octanol–water partition coefficient (Wildman–Crippen LogP) is 2.21. The highest BCUT2D eigenvalue weighted by Gasteiger charge is 2.09. The van der Waals surface area contributed by atoms with E-state index in [2.05, 4.69) is 10.3 Å². The Morgan fingerprint density at radius 1 is 1.19 bits per heavy atom. The van der Waals surface area contributed by atoms with Gasteiger partial charge in [0, 0.05) is 11.8 Å². The Hall–Kier alpha value is -2.40. The lowest BCUT2D eigenvalue weighted by Crippen LogP contribution is -2.30. The Bertz CT molecular complexity index is 632. The normalized spacial score (nSPS) is 9.95. The number of benzene rings is 1. The molecule has 2 rings (SSSR count). The number of nitrogens with zero attached hydrogens (tertiary/aromatic N) is 1. The highest BCUT2D eigenvalue weighted by Crippen LogP contribution is 2.06. The monoisotopic (exact) mass is 304 g/mol. The number of hydrogen-bond donors (Lipinski definition) is 1. The van der Waals surface area contributed by atoms with Crippen LogP contribution in [0.4, 0.5) is 0 Å². The molecule has 1 heterocycles. The second kappa shape index (κ2) is 7.40. The number of ether oxygens (including phenoxy) is 1. The van der Waals surface area contributed by atoms with Crippen LogP contribution in [-0.2, 0) is 16.1 Å². The lowest BCUT2D eigenvalue weighted by Gasteiger charge is -2.06. The van der Waals surface area contributed by atoms with Crippen molar-refractivity contribution < 1.29 is 14.3 Å². The van der Waals surface area contributed by atoms with E-state index < -0.39 is 11.9 Å². The number of nitrogens with one attached hydrogen (secondary N) is 1. The summed E-state index contributed by atoms with van der Waals surface area (Å²) in [6.45, 7) is -0.0256. The van der Waals surface area contributed by atoms with Gasteiger partial charge in [0.1, 0.15) is 18.3 Å². The summed E-state index contributed by atoms with van der Waals surface area (Å²) in [7, 11) is 0. The summed E-state index contributed by atoms with van der Waals surface area (Å²) in [6.07, 6.45) is 1.42. The lowest BCUT2D eigenvalue weighted by molar-refractivity contribution is -0.143. The molecule has 1 aromatic heterocycles. The molecule has 1 amide bonds. The fraction of sp³-hybridized carbons (Fsp3) is 0.133. The highest BCUT2D eigenvalue weighted by molar-refractivity contribution is 6.29. The summed E-state index contributed by atoms with van der Waals surface area (Å²) in [4.78, 5) is 27.1.